The van der Waals surface area contributed by atoms with Crippen LogP contribution in [0.2, 0.25) is 0 Å². The summed E-state index contributed by atoms with van der Waals surface area (Å²) in [6.07, 6.45) is 4.14. The van der Waals surface area contributed by atoms with Crippen molar-refractivity contribution in [2.24, 2.45) is 0 Å². The van der Waals surface area contributed by atoms with Crippen LogP contribution in [-0.2, 0) is 0 Å². The van der Waals surface area contributed by atoms with Gasteiger partial charge in [-0.1, -0.05) is 10.2 Å². The van der Waals surface area contributed by atoms with Crippen LogP contribution in [0.1, 0.15) is 5.01 Å². The summed E-state index contributed by atoms with van der Waals surface area (Å²) in [7, 11) is 1.98. The molecule has 56 valence electrons. The first-order valence-corrected chi connectivity index (χ1v) is 6.93. The molecule has 1 heterocycles. The minimum atomic E-state index is 0.163. The highest BCUT2D eigenvalue weighted by atomic mass is 33.1. The van der Waals surface area contributed by atoms with Gasteiger partial charge in [-0.05, 0) is 18.0 Å². The van der Waals surface area contributed by atoms with Gasteiger partial charge in [0.15, 0.2) is 0 Å². The van der Waals surface area contributed by atoms with Crippen LogP contribution in [0.4, 0.5) is 0 Å². The molecule has 2 nitrogen and oxygen atoms in total. The molecule has 0 saturated carbocycles. The topological polar surface area (TPSA) is 25.8 Å². The normalized spacial score (nSPS) is 12.1. The van der Waals surface area contributed by atoms with Crippen molar-refractivity contribution in [2.75, 3.05) is 12.5 Å². The fraction of sp³-hybridized carbons (Fsp3) is 0.600. The molecule has 0 N–H and O–H groups in total. The number of aromatic nitrogens is 2. The third kappa shape index (κ3) is 1.46. The summed E-state index contributed by atoms with van der Waals surface area (Å²) in [5.41, 5.74) is 0. The Bertz CT molecular complexity index is 221. The van der Waals surface area contributed by atoms with Gasteiger partial charge < -0.3 is 0 Å². The molecular weight excluding hydrogens is 184 g/mol. The smallest absolute Gasteiger partial charge is 0.0932 e. The molecule has 0 aliphatic rings. The summed E-state index contributed by atoms with van der Waals surface area (Å²) in [4.78, 5) is 0. The van der Waals surface area contributed by atoms with Crippen molar-refractivity contribution >= 4 is 32.1 Å². The Labute approximate surface area is 71.2 Å². The Balaban J connectivity index is 3.01. The number of thioether (sulfide) groups is 1. The van der Waals surface area contributed by atoms with Gasteiger partial charge in [0.25, 0.3) is 5.01 Å². The maximum absolute atomic E-state index is 4.05. The van der Waals surface area contributed by atoms with E-state index in [1.807, 2.05) is 24.0 Å². The average Bonchev–Trinajstić information content (AvgIpc) is 2.30. The van der Waals surface area contributed by atoms with E-state index in [9.17, 15) is 0 Å². The largest absolute Gasteiger partial charge is 0.334 e. The van der Waals surface area contributed by atoms with Crippen molar-refractivity contribution in [2.45, 2.75) is 11.3 Å². The maximum atomic E-state index is 4.05. The second-order valence-electron chi connectivity index (χ2n) is 1.62. The lowest BCUT2D eigenvalue weighted by Crippen LogP contribution is -1.67. The van der Waals surface area contributed by atoms with Gasteiger partial charge in [-0.25, -0.2) is 0 Å². The standard InChI is InChI=1S/C5H9N2S3/c1-4-6-7-5(8-2)10(4)9-3/h1-3H3/q+1. The van der Waals surface area contributed by atoms with Crippen LogP contribution < -0.4 is 0 Å². The summed E-state index contributed by atoms with van der Waals surface area (Å²) in [5, 5.41) is 9.21. The fourth-order valence-corrected chi connectivity index (χ4v) is 5.15. The minimum Gasteiger partial charge on any atom is -0.0932 e. The van der Waals surface area contributed by atoms with E-state index in [0.717, 1.165) is 9.35 Å². The van der Waals surface area contributed by atoms with Crippen molar-refractivity contribution < 1.29 is 0 Å². The minimum absolute atomic E-state index is 0.163. The SMILES string of the molecule is CSc1nnc(C)[s+]1SC. The molecule has 0 spiro atoms. The molecule has 10 heavy (non-hydrogen) atoms. The lowest BCUT2D eigenvalue weighted by molar-refractivity contribution is 0.985. The molecule has 1 aromatic rings. The van der Waals surface area contributed by atoms with Crippen molar-refractivity contribution in [3.05, 3.63) is 5.01 Å². The van der Waals surface area contributed by atoms with Crippen molar-refractivity contribution in [1.29, 1.82) is 0 Å². The van der Waals surface area contributed by atoms with E-state index in [1.54, 1.807) is 11.8 Å². The summed E-state index contributed by atoms with van der Waals surface area (Å²) in [5.74, 6) is 0. The van der Waals surface area contributed by atoms with Crippen molar-refractivity contribution in [1.82, 2.24) is 10.2 Å². The van der Waals surface area contributed by atoms with Gasteiger partial charge in [-0.2, -0.15) is 0 Å². The highest BCUT2D eigenvalue weighted by molar-refractivity contribution is 8.45. The molecule has 0 aromatic carbocycles. The molecule has 1 unspecified atom stereocenters. The molecule has 0 amide bonds. The van der Waals surface area contributed by atoms with Gasteiger partial charge >= 0.3 is 4.34 Å². The van der Waals surface area contributed by atoms with Gasteiger partial charge in [0.05, 0.1) is 0 Å². The van der Waals surface area contributed by atoms with Gasteiger partial charge in [0.2, 0.25) is 0 Å². The fourth-order valence-electron chi connectivity index (χ4n) is 0.620. The third-order valence-corrected chi connectivity index (χ3v) is 6.34. The van der Waals surface area contributed by atoms with E-state index in [0.29, 0.717) is 0 Å². The van der Waals surface area contributed by atoms with Gasteiger partial charge in [0.1, 0.15) is 20.3 Å². The molecule has 1 atom stereocenters. The quantitative estimate of drug-likeness (QED) is 0.409. The Morgan fingerprint density at radius 2 is 2.00 bits per heavy atom. The molecule has 0 saturated heterocycles. The molecule has 0 radical (unpaired) electrons. The predicted molar refractivity (Wildman–Crippen MR) is 49.9 cm³/mol. The van der Waals surface area contributed by atoms with Crippen LogP contribution in [0.3, 0.4) is 0 Å². The van der Waals surface area contributed by atoms with E-state index in [2.05, 4.69) is 16.5 Å². The average molecular weight is 193 g/mol. The Morgan fingerprint density at radius 3 is 2.40 bits per heavy atom. The molecule has 1 aromatic heterocycles. The highest BCUT2D eigenvalue weighted by Gasteiger charge is 2.20. The first-order chi connectivity index (χ1) is 4.79. The summed E-state index contributed by atoms with van der Waals surface area (Å²) in [6, 6.07) is 0. The van der Waals surface area contributed by atoms with Crippen molar-refractivity contribution in [3.63, 3.8) is 0 Å². The molecule has 0 aliphatic carbocycles. The number of hydrogen-bond acceptors (Lipinski definition) is 4. The van der Waals surface area contributed by atoms with Gasteiger partial charge in [-0.3, -0.25) is 0 Å². The Hall–Kier alpha value is 0.260. The molecule has 5 heteroatoms. The molecular formula is C5H9N2S3+. The number of aryl methyl sites for hydroxylation is 1. The third-order valence-electron chi connectivity index (χ3n) is 1.04. The summed E-state index contributed by atoms with van der Waals surface area (Å²) < 4.78 is 1.16. The van der Waals surface area contributed by atoms with E-state index >= 15 is 0 Å². The predicted octanol–water partition coefficient (Wildman–Crippen LogP) is 2.38. The van der Waals surface area contributed by atoms with Gasteiger partial charge in [0, 0.05) is 13.2 Å². The van der Waals surface area contributed by atoms with Crippen LogP contribution in [0.25, 0.3) is 0 Å². The zero-order chi connectivity index (χ0) is 7.56. The monoisotopic (exact) mass is 193 g/mol. The summed E-state index contributed by atoms with van der Waals surface area (Å²) in [6.45, 7) is 2.03. The number of hydrogen-bond donors (Lipinski definition) is 0. The number of nitrogens with zero attached hydrogens (tertiary/aromatic N) is 2. The highest BCUT2D eigenvalue weighted by Crippen LogP contribution is 2.40. The Kier molecular flexibility index (Phi) is 3.00. The second-order valence-corrected chi connectivity index (χ2v) is 6.53. The maximum Gasteiger partial charge on any atom is 0.334 e. The van der Waals surface area contributed by atoms with Crippen LogP contribution in [0.5, 0.6) is 0 Å². The van der Waals surface area contributed by atoms with E-state index in [4.69, 9.17) is 0 Å². The van der Waals surface area contributed by atoms with Gasteiger partial charge in [-0.15, -0.1) is 0 Å². The second kappa shape index (κ2) is 3.59. The number of rotatable bonds is 2. The van der Waals surface area contributed by atoms with Crippen LogP contribution in [0.15, 0.2) is 4.34 Å². The van der Waals surface area contributed by atoms with Crippen LogP contribution in [-0.4, -0.2) is 22.7 Å². The molecule has 0 aliphatic heterocycles. The first kappa shape index (κ1) is 8.36. The lowest BCUT2D eigenvalue weighted by Gasteiger charge is -1.80. The molecule has 0 bridgehead atoms. The van der Waals surface area contributed by atoms with E-state index in [-0.39, 0.29) is 9.50 Å². The van der Waals surface area contributed by atoms with Crippen LogP contribution >= 0.6 is 32.1 Å². The van der Waals surface area contributed by atoms with Crippen LogP contribution in [0, 0.1) is 6.92 Å². The Morgan fingerprint density at radius 1 is 1.30 bits per heavy atom. The van der Waals surface area contributed by atoms with Crippen molar-refractivity contribution in [3.8, 4) is 0 Å². The van der Waals surface area contributed by atoms with E-state index < -0.39 is 0 Å². The zero-order valence-electron chi connectivity index (χ0n) is 6.12. The summed E-state index contributed by atoms with van der Waals surface area (Å²) >= 11 is 1.70. The molecule has 1 rings (SSSR count). The van der Waals surface area contributed by atoms with E-state index in [1.165, 1.54) is 0 Å². The first-order valence-electron chi connectivity index (χ1n) is 2.74. The zero-order valence-corrected chi connectivity index (χ0v) is 8.57. The molecule has 0 fully saturated rings. The lowest BCUT2D eigenvalue weighted by atomic mass is 10.9.